The third-order valence-corrected chi connectivity index (χ3v) is 4.24. The van der Waals surface area contributed by atoms with Crippen LogP contribution < -0.4 is 10.5 Å². The van der Waals surface area contributed by atoms with Crippen LogP contribution in [-0.2, 0) is 10.0 Å². The molecule has 0 saturated heterocycles. The molecule has 0 bridgehead atoms. The molecule has 5 nitrogen and oxygen atoms in total. The van der Waals surface area contributed by atoms with Crippen molar-refractivity contribution in [2.75, 3.05) is 4.72 Å². The number of aryl methyl sites for hydroxylation is 1. The third-order valence-electron chi connectivity index (χ3n) is 2.86. The van der Waals surface area contributed by atoms with Crippen LogP contribution in [0.25, 0.3) is 0 Å². The van der Waals surface area contributed by atoms with E-state index < -0.39 is 21.7 Å². The molecule has 110 valence electrons. The zero-order valence-corrected chi connectivity index (χ0v) is 11.9. The number of rotatable bonds is 4. The molecular formula is C14H13FN2O3S. The van der Waals surface area contributed by atoms with Gasteiger partial charge in [0.1, 0.15) is 5.82 Å². The molecule has 0 atom stereocenters. The fourth-order valence-electron chi connectivity index (χ4n) is 1.80. The van der Waals surface area contributed by atoms with E-state index in [1.165, 1.54) is 36.4 Å². The van der Waals surface area contributed by atoms with Crippen molar-refractivity contribution in [1.82, 2.24) is 0 Å². The van der Waals surface area contributed by atoms with Gasteiger partial charge in [0.15, 0.2) is 0 Å². The van der Waals surface area contributed by atoms with Crippen molar-refractivity contribution in [3.8, 4) is 0 Å². The van der Waals surface area contributed by atoms with Gasteiger partial charge in [-0.3, -0.25) is 9.52 Å². The number of nitrogens with one attached hydrogen (secondary N) is 1. The molecule has 7 heteroatoms. The van der Waals surface area contributed by atoms with Crippen LogP contribution in [0, 0.1) is 12.7 Å². The Labute approximate surface area is 121 Å². The summed E-state index contributed by atoms with van der Waals surface area (Å²) in [6.07, 6.45) is 0. The van der Waals surface area contributed by atoms with Gasteiger partial charge in [0, 0.05) is 5.56 Å². The predicted molar refractivity (Wildman–Crippen MR) is 76.9 cm³/mol. The standard InChI is InChI=1S/C14H13FN2O3S/c1-9-5-6-12(8-13(9)14(16)18)21(19,20)17-11-4-2-3-10(15)7-11/h2-8,17H,1H3,(H2,16,18). The number of anilines is 1. The van der Waals surface area contributed by atoms with Gasteiger partial charge in [-0.1, -0.05) is 12.1 Å². The first-order valence-corrected chi connectivity index (χ1v) is 7.47. The van der Waals surface area contributed by atoms with Crippen LogP contribution in [-0.4, -0.2) is 14.3 Å². The van der Waals surface area contributed by atoms with E-state index in [9.17, 15) is 17.6 Å². The average Bonchev–Trinajstić information content (AvgIpc) is 2.38. The molecule has 0 aliphatic rings. The average molecular weight is 308 g/mol. The van der Waals surface area contributed by atoms with Crippen LogP contribution in [0.1, 0.15) is 15.9 Å². The number of hydrogen-bond acceptors (Lipinski definition) is 3. The molecule has 0 spiro atoms. The number of amides is 1. The summed E-state index contributed by atoms with van der Waals surface area (Å²) in [6.45, 7) is 1.65. The maximum absolute atomic E-state index is 13.1. The molecule has 0 unspecified atom stereocenters. The second kappa shape index (κ2) is 5.53. The first-order valence-electron chi connectivity index (χ1n) is 5.98. The molecule has 0 heterocycles. The smallest absolute Gasteiger partial charge is 0.261 e. The quantitative estimate of drug-likeness (QED) is 0.905. The summed E-state index contributed by atoms with van der Waals surface area (Å²) in [7, 11) is -3.93. The summed E-state index contributed by atoms with van der Waals surface area (Å²) in [5, 5.41) is 0. The van der Waals surface area contributed by atoms with E-state index in [0.29, 0.717) is 5.56 Å². The van der Waals surface area contributed by atoms with Crippen LogP contribution in [0.15, 0.2) is 47.4 Å². The molecule has 0 aliphatic carbocycles. The maximum atomic E-state index is 13.1. The largest absolute Gasteiger partial charge is 0.366 e. The highest BCUT2D eigenvalue weighted by Crippen LogP contribution is 2.19. The normalized spacial score (nSPS) is 11.1. The van der Waals surface area contributed by atoms with E-state index in [1.54, 1.807) is 6.92 Å². The number of hydrogen-bond donors (Lipinski definition) is 2. The summed E-state index contributed by atoms with van der Waals surface area (Å²) in [4.78, 5) is 11.1. The van der Waals surface area contributed by atoms with Gasteiger partial charge in [0.05, 0.1) is 10.6 Å². The van der Waals surface area contributed by atoms with Gasteiger partial charge in [0.2, 0.25) is 5.91 Å². The molecule has 0 aromatic heterocycles. The van der Waals surface area contributed by atoms with E-state index in [4.69, 9.17) is 5.73 Å². The Kier molecular flexibility index (Phi) is 3.95. The van der Waals surface area contributed by atoms with Gasteiger partial charge in [-0.05, 0) is 42.8 Å². The zero-order valence-electron chi connectivity index (χ0n) is 11.1. The lowest BCUT2D eigenvalue weighted by atomic mass is 10.1. The van der Waals surface area contributed by atoms with E-state index in [-0.39, 0.29) is 16.1 Å². The second-order valence-electron chi connectivity index (χ2n) is 4.46. The Bertz CT molecular complexity index is 804. The minimum atomic E-state index is -3.93. The summed E-state index contributed by atoms with van der Waals surface area (Å²) >= 11 is 0. The van der Waals surface area contributed by atoms with Gasteiger partial charge in [-0.25, -0.2) is 12.8 Å². The van der Waals surface area contributed by atoms with E-state index in [2.05, 4.69) is 4.72 Å². The van der Waals surface area contributed by atoms with Crippen LogP contribution in [0.3, 0.4) is 0 Å². The number of halogens is 1. The topological polar surface area (TPSA) is 89.3 Å². The van der Waals surface area contributed by atoms with Crippen molar-refractivity contribution < 1.29 is 17.6 Å². The first kappa shape index (κ1) is 15.0. The summed E-state index contributed by atoms with van der Waals surface area (Å²) in [6, 6.07) is 9.10. The number of carbonyl (C=O) groups is 1. The molecule has 2 rings (SSSR count). The summed E-state index contributed by atoms with van der Waals surface area (Å²) < 4.78 is 39.7. The highest BCUT2D eigenvalue weighted by atomic mass is 32.2. The summed E-state index contributed by atoms with van der Waals surface area (Å²) in [5.41, 5.74) is 5.99. The molecule has 3 N–H and O–H groups in total. The Balaban J connectivity index is 2.40. The second-order valence-corrected chi connectivity index (χ2v) is 6.14. The number of primary amides is 1. The third kappa shape index (κ3) is 3.38. The van der Waals surface area contributed by atoms with Crippen molar-refractivity contribution in [1.29, 1.82) is 0 Å². The van der Waals surface area contributed by atoms with Crippen molar-refractivity contribution >= 4 is 21.6 Å². The van der Waals surface area contributed by atoms with E-state index in [0.717, 1.165) is 6.07 Å². The minimum Gasteiger partial charge on any atom is -0.366 e. The molecule has 0 saturated carbocycles. The Morgan fingerprint density at radius 3 is 2.52 bits per heavy atom. The maximum Gasteiger partial charge on any atom is 0.261 e. The van der Waals surface area contributed by atoms with E-state index in [1.807, 2.05) is 0 Å². The number of sulfonamides is 1. The lowest BCUT2D eigenvalue weighted by molar-refractivity contribution is 0.0999. The van der Waals surface area contributed by atoms with Crippen molar-refractivity contribution in [3.63, 3.8) is 0 Å². The number of benzene rings is 2. The van der Waals surface area contributed by atoms with Crippen molar-refractivity contribution in [2.24, 2.45) is 5.73 Å². The van der Waals surface area contributed by atoms with Gasteiger partial charge in [-0.2, -0.15) is 0 Å². The molecular weight excluding hydrogens is 295 g/mol. The van der Waals surface area contributed by atoms with Crippen LogP contribution in [0.5, 0.6) is 0 Å². The van der Waals surface area contributed by atoms with Crippen LogP contribution >= 0.6 is 0 Å². The predicted octanol–water partition coefficient (Wildman–Crippen LogP) is 2.03. The molecule has 2 aromatic rings. The Morgan fingerprint density at radius 2 is 1.90 bits per heavy atom. The molecule has 1 amide bonds. The highest BCUT2D eigenvalue weighted by molar-refractivity contribution is 7.92. The minimum absolute atomic E-state index is 0.0937. The fourth-order valence-corrected chi connectivity index (χ4v) is 2.88. The zero-order chi connectivity index (χ0) is 15.6. The molecule has 0 aliphatic heterocycles. The van der Waals surface area contributed by atoms with Gasteiger partial charge < -0.3 is 5.73 Å². The van der Waals surface area contributed by atoms with Crippen LogP contribution in [0.4, 0.5) is 10.1 Å². The molecule has 0 radical (unpaired) electrons. The Morgan fingerprint density at radius 1 is 1.19 bits per heavy atom. The molecule has 0 fully saturated rings. The molecule has 21 heavy (non-hydrogen) atoms. The first-order chi connectivity index (χ1) is 9.79. The number of carbonyl (C=O) groups excluding carboxylic acids is 1. The summed E-state index contributed by atoms with van der Waals surface area (Å²) in [5.74, 6) is -1.27. The van der Waals surface area contributed by atoms with Gasteiger partial charge >= 0.3 is 0 Å². The number of nitrogens with two attached hydrogens (primary N) is 1. The Hall–Kier alpha value is -2.41. The highest BCUT2D eigenvalue weighted by Gasteiger charge is 2.17. The SMILES string of the molecule is Cc1ccc(S(=O)(=O)Nc2cccc(F)c2)cc1C(N)=O. The van der Waals surface area contributed by atoms with Gasteiger partial charge in [-0.15, -0.1) is 0 Å². The van der Waals surface area contributed by atoms with Crippen LogP contribution in [0.2, 0.25) is 0 Å². The monoisotopic (exact) mass is 308 g/mol. The van der Waals surface area contributed by atoms with Crippen molar-refractivity contribution in [2.45, 2.75) is 11.8 Å². The van der Waals surface area contributed by atoms with Crippen molar-refractivity contribution in [3.05, 3.63) is 59.4 Å². The molecule has 2 aromatic carbocycles. The fraction of sp³-hybridized carbons (Fsp3) is 0.0714. The lowest BCUT2D eigenvalue weighted by Crippen LogP contribution is -2.17. The van der Waals surface area contributed by atoms with Gasteiger partial charge in [0.25, 0.3) is 10.0 Å². The van der Waals surface area contributed by atoms with E-state index >= 15 is 0 Å². The lowest BCUT2D eigenvalue weighted by Gasteiger charge is -2.10.